The molecule has 2 aromatic carbocycles. The molecule has 0 aliphatic carbocycles. The quantitative estimate of drug-likeness (QED) is 0.227. The number of pyridine rings is 1. The lowest BCUT2D eigenvalue weighted by atomic mass is 9.91. The first-order chi connectivity index (χ1) is 17.3. The summed E-state index contributed by atoms with van der Waals surface area (Å²) in [5.41, 5.74) is 3.81. The topological polar surface area (TPSA) is 93.2 Å². The summed E-state index contributed by atoms with van der Waals surface area (Å²) in [7, 11) is 1.34. The molecule has 0 unspecified atom stereocenters. The number of aromatic nitrogens is 2. The number of benzene rings is 2. The van der Waals surface area contributed by atoms with E-state index in [4.69, 9.17) is 16.3 Å². The van der Waals surface area contributed by atoms with Crippen LogP contribution in [-0.4, -0.2) is 35.4 Å². The van der Waals surface area contributed by atoms with Crippen LogP contribution in [0.2, 0.25) is 5.02 Å². The summed E-state index contributed by atoms with van der Waals surface area (Å²) in [4.78, 5) is 33.3. The van der Waals surface area contributed by atoms with E-state index in [1.807, 2.05) is 68.4 Å². The van der Waals surface area contributed by atoms with Gasteiger partial charge in [0.1, 0.15) is 5.82 Å². The molecule has 186 valence electrons. The highest BCUT2D eigenvalue weighted by molar-refractivity contribution is 7.22. The van der Waals surface area contributed by atoms with Gasteiger partial charge in [-0.05, 0) is 59.5 Å². The number of esters is 1. The van der Waals surface area contributed by atoms with Crippen molar-refractivity contribution in [3.63, 3.8) is 0 Å². The second-order valence-corrected chi connectivity index (χ2v) is 10.2. The van der Waals surface area contributed by atoms with Gasteiger partial charge < -0.3 is 15.4 Å². The van der Waals surface area contributed by atoms with Gasteiger partial charge in [-0.15, -0.1) is 0 Å². The molecule has 0 amide bonds. The van der Waals surface area contributed by atoms with Crippen molar-refractivity contribution in [3.8, 4) is 11.1 Å². The smallest absolute Gasteiger partial charge is 0.309 e. The number of methoxy groups -OCH3 is 1. The van der Waals surface area contributed by atoms with E-state index < -0.39 is 5.92 Å². The number of nitrogens with one attached hydrogen (secondary N) is 2. The number of ketones is 1. The number of thiazole rings is 1. The van der Waals surface area contributed by atoms with E-state index in [-0.39, 0.29) is 30.6 Å². The number of ether oxygens (including phenoxy) is 1. The van der Waals surface area contributed by atoms with Crippen molar-refractivity contribution >= 4 is 61.5 Å². The molecule has 0 fully saturated rings. The molecule has 0 aliphatic heterocycles. The summed E-state index contributed by atoms with van der Waals surface area (Å²) in [6, 6.07) is 17.5. The first-order valence-corrected chi connectivity index (χ1v) is 12.7. The van der Waals surface area contributed by atoms with Crippen LogP contribution < -0.4 is 10.6 Å². The van der Waals surface area contributed by atoms with Crippen molar-refractivity contribution in [2.45, 2.75) is 20.3 Å². The minimum atomic E-state index is -0.448. The maximum absolute atomic E-state index is 12.5. The van der Waals surface area contributed by atoms with Crippen molar-refractivity contribution in [1.82, 2.24) is 9.97 Å². The van der Waals surface area contributed by atoms with E-state index in [0.717, 1.165) is 32.2 Å². The number of nitrogens with zero attached hydrogens (tertiary/aromatic N) is 2. The van der Waals surface area contributed by atoms with Gasteiger partial charge in [-0.25, -0.2) is 9.97 Å². The summed E-state index contributed by atoms with van der Waals surface area (Å²) in [5, 5.41) is 7.91. The number of anilines is 3. The Kier molecular flexibility index (Phi) is 8.18. The minimum absolute atomic E-state index is 0.0217. The highest BCUT2D eigenvalue weighted by Crippen LogP contribution is 2.31. The van der Waals surface area contributed by atoms with Gasteiger partial charge in [0.15, 0.2) is 10.9 Å². The maximum Gasteiger partial charge on any atom is 0.309 e. The molecule has 2 aromatic heterocycles. The molecule has 7 nitrogen and oxygen atoms in total. The molecule has 0 aliphatic rings. The van der Waals surface area contributed by atoms with E-state index in [2.05, 4.69) is 20.6 Å². The van der Waals surface area contributed by atoms with Crippen LogP contribution in [0, 0.1) is 11.8 Å². The molecule has 0 saturated carbocycles. The second kappa shape index (κ2) is 11.5. The fraction of sp³-hybridized carbons (Fsp3) is 0.259. The summed E-state index contributed by atoms with van der Waals surface area (Å²) >= 11 is 7.62. The number of carbonyl (C=O) groups excluding carboxylic acids is 2. The van der Waals surface area contributed by atoms with E-state index >= 15 is 0 Å². The lowest BCUT2D eigenvalue weighted by Gasteiger charge is -2.17. The molecule has 36 heavy (non-hydrogen) atoms. The predicted octanol–water partition coefficient (Wildman–Crippen LogP) is 6.57. The largest absolute Gasteiger partial charge is 0.469 e. The Morgan fingerprint density at radius 1 is 1.06 bits per heavy atom. The summed E-state index contributed by atoms with van der Waals surface area (Å²) in [6.45, 7) is 3.90. The Balaban J connectivity index is 1.38. The third-order valence-corrected chi connectivity index (χ3v) is 6.97. The molecule has 0 radical (unpaired) electrons. The van der Waals surface area contributed by atoms with E-state index in [1.165, 1.54) is 7.11 Å². The highest BCUT2D eigenvalue weighted by Gasteiger charge is 2.25. The summed E-state index contributed by atoms with van der Waals surface area (Å²) in [5.74, 6) is -0.261. The lowest BCUT2D eigenvalue weighted by molar-refractivity contribution is -0.148. The van der Waals surface area contributed by atoms with Crippen LogP contribution in [0.5, 0.6) is 0 Å². The SMILES string of the molecule is COC(=O)[C@@H](CC(=O)CNc1cc(-c2ccc(Nc3nc4ccc(Cl)cc4s3)cc2)ccn1)C(C)C. The number of halogens is 1. The van der Waals surface area contributed by atoms with Crippen LogP contribution in [0.1, 0.15) is 20.3 Å². The molecule has 0 saturated heterocycles. The Hall–Kier alpha value is -3.49. The second-order valence-electron chi connectivity index (χ2n) is 8.73. The summed E-state index contributed by atoms with van der Waals surface area (Å²) in [6.07, 6.45) is 1.83. The van der Waals surface area contributed by atoms with Gasteiger partial charge in [-0.2, -0.15) is 0 Å². The lowest BCUT2D eigenvalue weighted by Crippen LogP contribution is -2.27. The Labute approximate surface area is 218 Å². The van der Waals surface area contributed by atoms with Crippen LogP contribution in [0.25, 0.3) is 21.3 Å². The van der Waals surface area contributed by atoms with Crippen molar-refractivity contribution in [3.05, 3.63) is 65.8 Å². The van der Waals surface area contributed by atoms with Crippen LogP contribution in [0.15, 0.2) is 60.8 Å². The molecule has 1 atom stereocenters. The number of Topliss-reactive ketones (excluding diaryl/α,β-unsaturated/α-hetero) is 1. The van der Waals surface area contributed by atoms with Crippen molar-refractivity contribution in [2.75, 3.05) is 24.3 Å². The zero-order valence-electron chi connectivity index (χ0n) is 20.2. The first-order valence-electron chi connectivity index (χ1n) is 11.6. The molecule has 2 heterocycles. The van der Waals surface area contributed by atoms with Gasteiger partial charge in [-0.1, -0.05) is 48.9 Å². The van der Waals surface area contributed by atoms with Crippen LogP contribution in [0.3, 0.4) is 0 Å². The molecular formula is C27H27ClN4O3S. The summed E-state index contributed by atoms with van der Waals surface area (Å²) < 4.78 is 5.86. The third kappa shape index (κ3) is 6.38. The predicted molar refractivity (Wildman–Crippen MR) is 146 cm³/mol. The molecule has 0 spiro atoms. The number of carbonyl (C=O) groups is 2. The minimum Gasteiger partial charge on any atom is -0.469 e. The number of fused-ring (bicyclic) bond motifs is 1. The average Bonchev–Trinajstić information content (AvgIpc) is 3.27. The first kappa shape index (κ1) is 25.6. The molecule has 9 heteroatoms. The molecular weight excluding hydrogens is 496 g/mol. The number of hydrogen-bond donors (Lipinski definition) is 2. The zero-order valence-corrected chi connectivity index (χ0v) is 21.8. The van der Waals surface area contributed by atoms with E-state index in [9.17, 15) is 9.59 Å². The fourth-order valence-corrected chi connectivity index (χ4v) is 4.94. The number of hydrogen-bond acceptors (Lipinski definition) is 8. The van der Waals surface area contributed by atoms with Gasteiger partial charge in [-0.3, -0.25) is 9.59 Å². The van der Waals surface area contributed by atoms with Crippen molar-refractivity contribution < 1.29 is 14.3 Å². The van der Waals surface area contributed by atoms with Gasteiger partial charge in [0.25, 0.3) is 0 Å². The standard InChI is InChI=1S/C27H27ClN4O3S/c1-16(2)22(26(34)35-3)14-21(33)15-30-25-12-18(10-11-29-25)17-4-7-20(8-5-17)31-27-32-23-9-6-19(28)13-24(23)36-27/h4-13,16,22H,14-15H2,1-3H3,(H,29,30)(H,31,32)/t22-/m0/s1. The molecule has 4 aromatic rings. The third-order valence-electron chi connectivity index (χ3n) is 5.80. The van der Waals surface area contributed by atoms with Crippen LogP contribution in [0.4, 0.5) is 16.6 Å². The monoisotopic (exact) mass is 522 g/mol. The van der Waals surface area contributed by atoms with Gasteiger partial charge in [0.05, 0.1) is 29.8 Å². The van der Waals surface area contributed by atoms with Crippen LogP contribution >= 0.6 is 22.9 Å². The Morgan fingerprint density at radius 3 is 2.56 bits per heavy atom. The maximum atomic E-state index is 12.5. The Bertz CT molecular complexity index is 1370. The number of rotatable bonds is 10. The van der Waals surface area contributed by atoms with E-state index in [1.54, 1.807) is 17.5 Å². The van der Waals surface area contributed by atoms with Crippen molar-refractivity contribution in [2.24, 2.45) is 11.8 Å². The van der Waals surface area contributed by atoms with Gasteiger partial charge in [0.2, 0.25) is 0 Å². The molecule has 4 rings (SSSR count). The van der Waals surface area contributed by atoms with Crippen molar-refractivity contribution in [1.29, 1.82) is 0 Å². The van der Waals surface area contributed by atoms with Crippen LogP contribution in [-0.2, 0) is 14.3 Å². The molecule has 2 N–H and O–H groups in total. The Morgan fingerprint density at radius 2 is 1.83 bits per heavy atom. The van der Waals surface area contributed by atoms with E-state index in [0.29, 0.717) is 10.8 Å². The zero-order chi connectivity index (χ0) is 25.7. The average molecular weight is 523 g/mol. The normalized spacial score (nSPS) is 11.9. The van der Waals surface area contributed by atoms with Gasteiger partial charge >= 0.3 is 5.97 Å². The van der Waals surface area contributed by atoms with Gasteiger partial charge in [0, 0.05) is 23.3 Å². The highest BCUT2D eigenvalue weighted by atomic mass is 35.5. The fourth-order valence-electron chi connectivity index (χ4n) is 3.78. The molecule has 0 bridgehead atoms.